The van der Waals surface area contributed by atoms with E-state index in [1.165, 1.54) is 19.3 Å². The Hall–Kier alpha value is -2.12. The fourth-order valence-electron chi connectivity index (χ4n) is 4.90. The largest absolute Gasteiger partial charge is 0.426 e. The van der Waals surface area contributed by atoms with Gasteiger partial charge in [-0.1, -0.05) is 49.6 Å². The molecule has 2 heterocycles. The molecular formula is C22H32N4O3. The number of hydrogen-bond acceptors (Lipinski definition) is 5. The van der Waals surface area contributed by atoms with E-state index < -0.39 is 0 Å². The molecule has 29 heavy (non-hydrogen) atoms. The van der Waals surface area contributed by atoms with Gasteiger partial charge in [-0.2, -0.15) is 0 Å². The number of hydroxylamine groups is 2. The van der Waals surface area contributed by atoms with E-state index in [2.05, 4.69) is 22.8 Å². The van der Waals surface area contributed by atoms with Gasteiger partial charge in [-0.05, 0) is 24.8 Å². The van der Waals surface area contributed by atoms with Crippen molar-refractivity contribution in [3.8, 4) is 0 Å². The Bertz CT molecular complexity index is 712. The van der Waals surface area contributed by atoms with Crippen molar-refractivity contribution in [2.75, 3.05) is 20.1 Å². The number of likely N-dealkylation sites (N-methyl/N-ethyl adjacent to an activating group) is 1. The second-order valence-electron chi connectivity index (χ2n) is 8.60. The van der Waals surface area contributed by atoms with Gasteiger partial charge in [-0.15, -0.1) is 5.06 Å². The van der Waals surface area contributed by atoms with Crippen LogP contribution in [0.15, 0.2) is 30.3 Å². The maximum atomic E-state index is 12.8. The molecule has 4 rings (SSSR count). The molecule has 158 valence electrons. The smallest absolute Gasteiger partial charge is 0.351 e. The average Bonchev–Trinajstić information content (AvgIpc) is 2.96. The van der Waals surface area contributed by atoms with E-state index >= 15 is 0 Å². The molecule has 2 aliphatic heterocycles. The summed E-state index contributed by atoms with van der Waals surface area (Å²) in [4.78, 5) is 32.4. The highest BCUT2D eigenvalue weighted by atomic mass is 16.7. The number of carbonyl (C=O) groups excluding carboxylic acids is 2. The molecule has 1 aromatic carbocycles. The van der Waals surface area contributed by atoms with Crippen LogP contribution in [0.25, 0.3) is 0 Å². The van der Waals surface area contributed by atoms with Crippen molar-refractivity contribution in [1.82, 2.24) is 20.6 Å². The van der Waals surface area contributed by atoms with Crippen LogP contribution in [0.5, 0.6) is 0 Å². The third-order valence-electron chi connectivity index (χ3n) is 6.69. The summed E-state index contributed by atoms with van der Waals surface area (Å²) in [7, 11) is 1.88. The molecule has 0 radical (unpaired) electrons. The van der Waals surface area contributed by atoms with Gasteiger partial charge in [0.05, 0.1) is 11.7 Å². The van der Waals surface area contributed by atoms with E-state index in [1.807, 2.05) is 30.1 Å². The van der Waals surface area contributed by atoms with Crippen LogP contribution in [-0.2, 0) is 16.1 Å². The van der Waals surface area contributed by atoms with Crippen molar-refractivity contribution in [2.24, 2.45) is 0 Å². The lowest BCUT2D eigenvalue weighted by atomic mass is 9.96. The normalized spacial score (nSPS) is 25.3. The first kappa shape index (κ1) is 20.2. The van der Waals surface area contributed by atoms with Crippen molar-refractivity contribution in [3.05, 3.63) is 35.9 Å². The summed E-state index contributed by atoms with van der Waals surface area (Å²) < 4.78 is 0. The number of hydrogen-bond donors (Lipinski definition) is 2. The first-order chi connectivity index (χ1) is 14.1. The van der Waals surface area contributed by atoms with Gasteiger partial charge in [0, 0.05) is 39.0 Å². The predicted octanol–water partition coefficient (Wildman–Crippen LogP) is 2.43. The molecule has 1 atom stereocenters. The van der Waals surface area contributed by atoms with E-state index in [0.29, 0.717) is 19.5 Å². The van der Waals surface area contributed by atoms with Gasteiger partial charge in [-0.25, -0.2) is 4.79 Å². The van der Waals surface area contributed by atoms with Crippen LogP contribution in [-0.4, -0.2) is 59.8 Å². The molecule has 2 saturated heterocycles. The van der Waals surface area contributed by atoms with Gasteiger partial charge >= 0.3 is 6.09 Å². The molecule has 2 N–H and O–H groups in total. The van der Waals surface area contributed by atoms with Crippen LogP contribution in [0, 0.1) is 0 Å². The first-order valence-electron chi connectivity index (χ1n) is 10.9. The number of carbonyl (C=O) groups is 2. The Balaban J connectivity index is 1.28. The van der Waals surface area contributed by atoms with E-state index in [4.69, 9.17) is 4.84 Å². The van der Waals surface area contributed by atoms with Gasteiger partial charge in [0.2, 0.25) is 5.91 Å². The van der Waals surface area contributed by atoms with Crippen molar-refractivity contribution in [3.63, 3.8) is 0 Å². The Kier molecular flexibility index (Phi) is 6.06. The molecule has 1 aromatic rings. The van der Waals surface area contributed by atoms with Crippen molar-refractivity contribution in [2.45, 2.75) is 69.1 Å². The van der Waals surface area contributed by atoms with E-state index in [-0.39, 0.29) is 29.7 Å². The molecule has 3 fully saturated rings. The van der Waals surface area contributed by atoms with Gasteiger partial charge < -0.3 is 15.1 Å². The molecule has 1 aliphatic carbocycles. The van der Waals surface area contributed by atoms with Crippen LogP contribution in [0.1, 0.15) is 50.5 Å². The Morgan fingerprint density at radius 3 is 2.55 bits per heavy atom. The minimum Gasteiger partial charge on any atom is -0.351 e. The molecule has 0 aromatic heterocycles. The van der Waals surface area contributed by atoms with Crippen molar-refractivity contribution < 1.29 is 14.4 Å². The molecule has 0 bridgehead atoms. The monoisotopic (exact) mass is 400 g/mol. The number of rotatable bonds is 4. The fourth-order valence-corrected chi connectivity index (χ4v) is 4.90. The van der Waals surface area contributed by atoms with Gasteiger partial charge in [0.15, 0.2) is 0 Å². The SMILES string of the molecule is CN1C(=O)C(Cc2ccccc2)NC12CCN(OC(=O)NC1CCCCC1)CC2. The van der Waals surface area contributed by atoms with Crippen molar-refractivity contribution >= 4 is 12.0 Å². The number of nitrogens with one attached hydrogen (secondary N) is 2. The molecule has 7 heteroatoms. The van der Waals surface area contributed by atoms with Gasteiger partial charge in [0.1, 0.15) is 0 Å². The summed E-state index contributed by atoms with van der Waals surface area (Å²) in [5.74, 6) is 0.137. The van der Waals surface area contributed by atoms with Gasteiger partial charge in [0.25, 0.3) is 0 Å². The fraction of sp³-hybridized carbons (Fsp3) is 0.636. The molecule has 1 spiro atoms. The van der Waals surface area contributed by atoms with Crippen LogP contribution in [0.2, 0.25) is 0 Å². The Morgan fingerprint density at radius 1 is 1.17 bits per heavy atom. The van der Waals surface area contributed by atoms with Crippen LogP contribution < -0.4 is 10.6 Å². The highest BCUT2D eigenvalue weighted by molar-refractivity contribution is 5.85. The Morgan fingerprint density at radius 2 is 1.86 bits per heavy atom. The lowest BCUT2D eigenvalue weighted by Gasteiger charge is -2.42. The standard InChI is InChI=1S/C22H32N4O3/c1-25-20(27)19(16-17-8-4-2-5-9-17)24-22(25)12-14-26(15-13-22)29-21(28)23-18-10-6-3-7-11-18/h2,4-5,8-9,18-19,24H,3,6-7,10-16H2,1H3,(H,23,28). The number of nitrogens with zero attached hydrogens (tertiary/aromatic N) is 2. The lowest BCUT2D eigenvalue weighted by Crippen LogP contribution is -2.58. The minimum atomic E-state index is -0.351. The summed E-state index contributed by atoms with van der Waals surface area (Å²) in [6, 6.07) is 10.1. The number of benzene rings is 1. The lowest BCUT2D eigenvalue weighted by molar-refractivity contribution is -0.145. The molecule has 7 nitrogen and oxygen atoms in total. The zero-order valence-corrected chi connectivity index (χ0v) is 17.2. The summed E-state index contributed by atoms with van der Waals surface area (Å²) >= 11 is 0. The summed E-state index contributed by atoms with van der Waals surface area (Å²) in [5, 5.41) is 8.31. The van der Waals surface area contributed by atoms with E-state index in [9.17, 15) is 9.59 Å². The molecule has 2 amide bonds. The third-order valence-corrected chi connectivity index (χ3v) is 6.69. The van der Waals surface area contributed by atoms with Crippen molar-refractivity contribution in [1.29, 1.82) is 0 Å². The summed E-state index contributed by atoms with van der Waals surface area (Å²) in [5.41, 5.74) is 0.805. The van der Waals surface area contributed by atoms with E-state index in [1.54, 1.807) is 5.06 Å². The van der Waals surface area contributed by atoms with Crippen LogP contribution in [0.3, 0.4) is 0 Å². The maximum Gasteiger partial charge on any atom is 0.426 e. The molecule has 3 aliphatic rings. The van der Waals surface area contributed by atoms with Crippen LogP contribution in [0.4, 0.5) is 4.79 Å². The summed E-state index contributed by atoms with van der Waals surface area (Å²) in [6.45, 7) is 1.22. The topological polar surface area (TPSA) is 73.9 Å². The minimum absolute atomic E-state index is 0.137. The number of amides is 2. The number of piperidine rings is 1. The Labute approximate surface area is 172 Å². The zero-order chi connectivity index (χ0) is 20.3. The van der Waals surface area contributed by atoms with Gasteiger partial charge in [-0.3, -0.25) is 10.1 Å². The zero-order valence-electron chi connectivity index (χ0n) is 17.2. The predicted molar refractivity (Wildman–Crippen MR) is 110 cm³/mol. The maximum absolute atomic E-state index is 12.8. The third kappa shape index (κ3) is 4.56. The van der Waals surface area contributed by atoms with Crippen LogP contribution >= 0.6 is 0 Å². The second kappa shape index (κ2) is 8.71. The van der Waals surface area contributed by atoms with E-state index in [0.717, 1.165) is 31.2 Å². The molecule has 1 unspecified atom stereocenters. The molecule has 1 saturated carbocycles. The average molecular weight is 401 g/mol. The first-order valence-corrected chi connectivity index (χ1v) is 10.9. The summed E-state index contributed by atoms with van der Waals surface area (Å²) in [6.07, 6.45) is 7.49. The molecular weight excluding hydrogens is 368 g/mol. The quantitative estimate of drug-likeness (QED) is 0.812. The second-order valence-corrected chi connectivity index (χ2v) is 8.60. The highest BCUT2D eigenvalue weighted by Crippen LogP contribution is 2.32. The highest BCUT2D eigenvalue weighted by Gasteiger charge is 2.50.